The molecule has 8 aromatic rings. The zero-order chi connectivity index (χ0) is 49.3. The van der Waals surface area contributed by atoms with E-state index in [1.54, 1.807) is 0 Å². The average Bonchev–Trinajstić information content (AvgIpc) is 3.93. The smallest absolute Gasteiger partial charge is 0.0726 e. The molecule has 0 heterocycles. The molecule has 1 spiro atoms. The molecule has 0 radical (unpaired) electrons. The van der Waals surface area contributed by atoms with Crippen LogP contribution in [-0.2, 0) is 28.1 Å². The van der Waals surface area contributed by atoms with Crippen LogP contribution in [0.4, 0.5) is 17.1 Å². The van der Waals surface area contributed by atoms with Crippen molar-refractivity contribution < 1.29 is 0 Å². The predicted octanol–water partition coefficient (Wildman–Crippen LogP) is 19.2. The predicted molar refractivity (Wildman–Crippen MR) is 304 cm³/mol. The fourth-order valence-corrected chi connectivity index (χ4v) is 14.8. The highest BCUT2D eigenvalue weighted by molar-refractivity contribution is 5.97. The molecule has 0 aliphatic heterocycles. The second-order valence-corrected chi connectivity index (χ2v) is 25.3. The minimum atomic E-state index is -0.500. The molecule has 5 aliphatic carbocycles. The molecule has 0 saturated heterocycles. The van der Waals surface area contributed by atoms with Gasteiger partial charge in [0.05, 0.1) is 5.41 Å². The highest BCUT2D eigenvalue weighted by Gasteiger charge is 2.52. The van der Waals surface area contributed by atoms with Gasteiger partial charge in [-0.15, -0.1) is 0 Å². The van der Waals surface area contributed by atoms with E-state index in [0.29, 0.717) is 0 Å². The number of hydrogen-bond acceptors (Lipinski definition) is 1. The van der Waals surface area contributed by atoms with Gasteiger partial charge in [-0.2, -0.15) is 0 Å². The van der Waals surface area contributed by atoms with E-state index in [1.807, 2.05) is 0 Å². The fraction of sp³-hybridized carbons (Fsp3) is 0.324. The Hall–Kier alpha value is -6.44. The van der Waals surface area contributed by atoms with Gasteiger partial charge in [0.25, 0.3) is 0 Å². The summed E-state index contributed by atoms with van der Waals surface area (Å²) in [5, 5.41) is 0. The van der Waals surface area contributed by atoms with E-state index >= 15 is 0 Å². The lowest BCUT2D eigenvalue weighted by molar-refractivity contribution is 0.132. The van der Waals surface area contributed by atoms with Crippen LogP contribution in [-0.4, -0.2) is 0 Å². The second-order valence-electron chi connectivity index (χ2n) is 25.3. The third kappa shape index (κ3) is 7.07. The van der Waals surface area contributed by atoms with Gasteiger partial charge in [-0.05, 0) is 192 Å². The number of benzene rings is 8. The van der Waals surface area contributed by atoms with Crippen LogP contribution in [0.3, 0.4) is 0 Å². The van der Waals surface area contributed by atoms with Gasteiger partial charge in [0.15, 0.2) is 0 Å². The van der Waals surface area contributed by atoms with Crippen molar-refractivity contribution in [2.24, 2.45) is 17.8 Å². The van der Waals surface area contributed by atoms with Crippen LogP contribution in [0.5, 0.6) is 0 Å². The molecule has 8 aromatic carbocycles. The highest BCUT2D eigenvalue weighted by Crippen LogP contribution is 2.64. The van der Waals surface area contributed by atoms with Crippen molar-refractivity contribution >= 4 is 17.1 Å². The number of fused-ring (bicyclic) bond motifs is 15. The number of anilines is 3. The Labute approximate surface area is 430 Å². The first-order valence-corrected chi connectivity index (χ1v) is 27.5. The van der Waals surface area contributed by atoms with Crippen LogP contribution in [0.2, 0.25) is 0 Å². The fourth-order valence-electron chi connectivity index (χ4n) is 14.8. The molecule has 2 atom stereocenters. The van der Waals surface area contributed by atoms with E-state index in [4.69, 9.17) is 0 Å². The standard InChI is InChI=1S/C71H71N/c1-68(2,3)50-29-33-59-60-34-30-51(69(4,5)6)42-66(60)71(65(59)41-50)63-26-14-12-24-57(63)61-36-32-54(44-67(61)71)72(53-31-35-58-56-23-11-13-25-62(56)70(7,8)64(58)43-53)52-21-16-20-49(40-52)55-22-10-9-19-48(55)28-27-47-38-45-17-15-18-46(37-45)39-47/h9-14,16,19-26,29-36,40-47H,15,17-18,27-28,37-39H2,1-8H3. The highest BCUT2D eigenvalue weighted by atomic mass is 15.1. The van der Waals surface area contributed by atoms with Crippen LogP contribution >= 0.6 is 0 Å². The summed E-state index contributed by atoms with van der Waals surface area (Å²) >= 11 is 0. The van der Waals surface area contributed by atoms with Crippen LogP contribution in [0.15, 0.2) is 170 Å². The Morgan fingerprint density at radius 1 is 0.431 bits per heavy atom. The van der Waals surface area contributed by atoms with Gasteiger partial charge in [-0.25, -0.2) is 0 Å². The summed E-state index contributed by atoms with van der Waals surface area (Å²) in [6.07, 6.45) is 11.2. The molecule has 360 valence electrons. The lowest BCUT2D eigenvalue weighted by Crippen LogP contribution is -2.27. The van der Waals surface area contributed by atoms with E-state index in [1.165, 1.54) is 157 Å². The Morgan fingerprint density at radius 2 is 0.917 bits per heavy atom. The topological polar surface area (TPSA) is 3.24 Å². The lowest BCUT2D eigenvalue weighted by Gasteiger charge is -2.39. The molecule has 72 heavy (non-hydrogen) atoms. The summed E-state index contributed by atoms with van der Waals surface area (Å²) < 4.78 is 0. The Morgan fingerprint density at radius 3 is 1.54 bits per heavy atom. The molecule has 2 unspecified atom stereocenters. The number of aryl methyl sites for hydroxylation is 1. The number of rotatable bonds is 7. The maximum atomic E-state index is 2.59. The second kappa shape index (κ2) is 16.5. The first-order valence-electron chi connectivity index (χ1n) is 27.5. The van der Waals surface area contributed by atoms with Crippen molar-refractivity contribution in [3.05, 3.63) is 220 Å². The van der Waals surface area contributed by atoms with Crippen LogP contribution in [0.25, 0.3) is 44.5 Å². The average molecular weight is 938 g/mol. The van der Waals surface area contributed by atoms with E-state index in [9.17, 15) is 0 Å². The van der Waals surface area contributed by atoms with E-state index in [2.05, 4.69) is 230 Å². The van der Waals surface area contributed by atoms with Crippen molar-refractivity contribution in [2.75, 3.05) is 4.90 Å². The van der Waals surface area contributed by atoms with Gasteiger partial charge >= 0.3 is 0 Å². The van der Waals surface area contributed by atoms with E-state index < -0.39 is 5.41 Å². The van der Waals surface area contributed by atoms with Crippen molar-refractivity contribution in [1.29, 1.82) is 0 Å². The Bertz CT molecular complexity index is 3380. The minimum absolute atomic E-state index is 0.0131. The zero-order valence-corrected chi connectivity index (χ0v) is 44.0. The van der Waals surface area contributed by atoms with Gasteiger partial charge in [-0.3, -0.25) is 0 Å². The summed E-state index contributed by atoms with van der Waals surface area (Å²) in [5.41, 5.74) is 26.1. The number of hydrogen-bond donors (Lipinski definition) is 0. The molecule has 13 rings (SSSR count). The first kappa shape index (κ1) is 45.4. The van der Waals surface area contributed by atoms with E-state index in [-0.39, 0.29) is 16.2 Å². The molecule has 5 aliphatic rings. The quantitative estimate of drug-likeness (QED) is 0.154. The molecule has 2 saturated carbocycles. The summed E-state index contributed by atoms with van der Waals surface area (Å²) in [6, 6.07) is 66.7. The molecule has 0 amide bonds. The Balaban J connectivity index is 1.00. The summed E-state index contributed by atoms with van der Waals surface area (Å²) in [5.74, 6) is 2.78. The van der Waals surface area contributed by atoms with Gasteiger partial charge in [-0.1, -0.05) is 208 Å². The van der Waals surface area contributed by atoms with Crippen LogP contribution in [0.1, 0.15) is 150 Å². The SMILES string of the molecule is CC(C)(C)c1ccc2c(c1)C1(c3ccccc3-c3ccc(N(c4cccc(-c5ccccc5CCC5CC6CCCC(C6)C5)c4)c4ccc5c(c4)C(C)(C)c4ccccc4-5)cc31)c1cc(C(C)(C)C)ccc1-2. The molecular formula is C71H71N. The molecule has 0 N–H and O–H groups in total. The normalized spacial score (nSPS) is 19.5. The van der Waals surface area contributed by atoms with Gasteiger partial charge in [0, 0.05) is 22.5 Å². The molecule has 1 nitrogen and oxygen atoms in total. The molecule has 2 fully saturated rings. The van der Waals surface area contributed by atoms with Crippen molar-refractivity contribution in [2.45, 2.75) is 128 Å². The molecule has 2 bridgehead atoms. The van der Waals surface area contributed by atoms with Gasteiger partial charge in [0.2, 0.25) is 0 Å². The largest absolute Gasteiger partial charge is 0.310 e. The summed E-state index contributed by atoms with van der Waals surface area (Å²) in [6.45, 7) is 19.0. The van der Waals surface area contributed by atoms with Gasteiger partial charge < -0.3 is 4.90 Å². The van der Waals surface area contributed by atoms with Crippen LogP contribution in [0, 0.1) is 17.8 Å². The van der Waals surface area contributed by atoms with Gasteiger partial charge in [0.1, 0.15) is 0 Å². The zero-order valence-electron chi connectivity index (χ0n) is 44.0. The van der Waals surface area contributed by atoms with Crippen LogP contribution < -0.4 is 4.90 Å². The molecule has 0 aromatic heterocycles. The third-order valence-corrected chi connectivity index (χ3v) is 18.5. The maximum Gasteiger partial charge on any atom is 0.0726 e. The number of nitrogens with zero attached hydrogens (tertiary/aromatic N) is 1. The Kier molecular flexibility index (Phi) is 10.4. The lowest BCUT2D eigenvalue weighted by atomic mass is 9.67. The summed E-state index contributed by atoms with van der Waals surface area (Å²) in [7, 11) is 0. The minimum Gasteiger partial charge on any atom is -0.310 e. The monoisotopic (exact) mass is 938 g/mol. The summed E-state index contributed by atoms with van der Waals surface area (Å²) in [4.78, 5) is 2.58. The van der Waals surface area contributed by atoms with E-state index in [0.717, 1.165) is 24.2 Å². The first-order chi connectivity index (χ1) is 34.7. The van der Waals surface area contributed by atoms with Crippen molar-refractivity contribution in [3.8, 4) is 44.5 Å². The van der Waals surface area contributed by atoms with Crippen molar-refractivity contribution in [3.63, 3.8) is 0 Å². The molecule has 1 heteroatoms. The molecular weight excluding hydrogens is 867 g/mol. The third-order valence-electron chi connectivity index (χ3n) is 18.5. The maximum absolute atomic E-state index is 2.59. The van der Waals surface area contributed by atoms with Crippen molar-refractivity contribution in [1.82, 2.24) is 0 Å².